The summed E-state index contributed by atoms with van der Waals surface area (Å²) >= 11 is 0. The summed E-state index contributed by atoms with van der Waals surface area (Å²) in [6.07, 6.45) is 10.4. The Hall–Kier alpha value is -2.10. The highest BCUT2D eigenvalue weighted by molar-refractivity contribution is 5.81. The van der Waals surface area contributed by atoms with Gasteiger partial charge in [0.2, 0.25) is 11.8 Å². The highest BCUT2D eigenvalue weighted by Crippen LogP contribution is 2.34. The van der Waals surface area contributed by atoms with Crippen molar-refractivity contribution in [1.29, 1.82) is 0 Å². The molecule has 2 aliphatic heterocycles. The Kier molecular flexibility index (Phi) is 5.61. The van der Waals surface area contributed by atoms with Gasteiger partial charge in [-0.3, -0.25) is 9.59 Å². The summed E-state index contributed by atoms with van der Waals surface area (Å²) < 4.78 is 0. The van der Waals surface area contributed by atoms with Crippen LogP contribution in [0.4, 0.5) is 0 Å². The first-order valence-corrected chi connectivity index (χ1v) is 10.5. The van der Waals surface area contributed by atoms with E-state index in [1.807, 2.05) is 23.1 Å². The molecule has 1 saturated heterocycles. The van der Waals surface area contributed by atoms with Crippen LogP contribution < -0.4 is 0 Å². The topological polar surface area (TPSA) is 40.6 Å². The van der Waals surface area contributed by atoms with Crippen molar-refractivity contribution in [2.24, 2.45) is 17.8 Å². The van der Waals surface area contributed by atoms with Crippen LogP contribution in [-0.4, -0.2) is 41.2 Å². The molecule has 0 aromatic heterocycles. The van der Waals surface area contributed by atoms with E-state index in [1.54, 1.807) is 0 Å². The first-order chi connectivity index (χ1) is 13.2. The fourth-order valence-corrected chi connectivity index (χ4v) is 4.65. The second-order valence-electron chi connectivity index (χ2n) is 8.31. The van der Waals surface area contributed by atoms with Gasteiger partial charge in [0.15, 0.2) is 0 Å². The fraction of sp³-hybridized carbons (Fsp3) is 0.565. The van der Waals surface area contributed by atoms with E-state index in [0.29, 0.717) is 24.9 Å². The molecule has 0 bridgehead atoms. The molecule has 1 atom stereocenters. The second-order valence-corrected chi connectivity index (χ2v) is 8.31. The molecule has 0 spiro atoms. The van der Waals surface area contributed by atoms with Crippen molar-refractivity contribution in [2.75, 3.05) is 19.6 Å². The third-order valence-electron chi connectivity index (χ3n) is 6.60. The van der Waals surface area contributed by atoms with Crippen LogP contribution in [-0.2, 0) is 16.1 Å². The molecule has 27 heavy (non-hydrogen) atoms. The summed E-state index contributed by atoms with van der Waals surface area (Å²) in [5.74, 6) is 1.38. The monoisotopic (exact) mass is 366 g/mol. The number of allylic oxidation sites excluding steroid dienone is 1. The van der Waals surface area contributed by atoms with Crippen LogP contribution in [0.15, 0.2) is 42.5 Å². The summed E-state index contributed by atoms with van der Waals surface area (Å²) in [7, 11) is 0. The predicted molar refractivity (Wildman–Crippen MR) is 106 cm³/mol. The van der Waals surface area contributed by atoms with Crippen molar-refractivity contribution in [1.82, 2.24) is 9.80 Å². The van der Waals surface area contributed by atoms with E-state index < -0.39 is 0 Å². The SMILES string of the molecule is O=C(C1CCC1)N1CCC(C2CC=CCN(Cc3ccccc3)C2=O)CC1. The highest BCUT2D eigenvalue weighted by atomic mass is 16.2. The van der Waals surface area contributed by atoms with Crippen molar-refractivity contribution < 1.29 is 9.59 Å². The maximum absolute atomic E-state index is 13.2. The van der Waals surface area contributed by atoms with E-state index in [0.717, 1.165) is 45.2 Å². The number of carbonyl (C=O) groups is 2. The summed E-state index contributed by atoms with van der Waals surface area (Å²) in [6.45, 7) is 3.03. The van der Waals surface area contributed by atoms with E-state index in [2.05, 4.69) is 29.2 Å². The summed E-state index contributed by atoms with van der Waals surface area (Å²) in [5.41, 5.74) is 1.18. The highest BCUT2D eigenvalue weighted by Gasteiger charge is 2.37. The molecule has 2 amide bonds. The van der Waals surface area contributed by atoms with E-state index in [1.165, 1.54) is 12.0 Å². The number of amides is 2. The quantitative estimate of drug-likeness (QED) is 0.764. The first-order valence-electron chi connectivity index (χ1n) is 10.5. The number of hydrogen-bond acceptors (Lipinski definition) is 2. The van der Waals surface area contributed by atoms with Crippen molar-refractivity contribution in [3.63, 3.8) is 0 Å². The zero-order valence-electron chi connectivity index (χ0n) is 16.1. The van der Waals surface area contributed by atoms with Gasteiger partial charge < -0.3 is 9.80 Å². The molecule has 0 radical (unpaired) electrons. The Balaban J connectivity index is 1.37. The summed E-state index contributed by atoms with van der Waals surface area (Å²) in [4.78, 5) is 29.8. The molecule has 1 aliphatic carbocycles. The fourth-order valence-electron chi connectivity index (χ4n) is 4.65. The Morgan fingerprint density at radius 1 is 1.00 bits per heavy atom. The molecule has 1 saturated carbocycles. The largest absolute Gasteiger partial charge is 0.342 e. The molecule has 1 aromatic rings. The van der Waals surface area contributed by atoms with Gasteiger partial charge in [-0.25, -0.2) is 0 Å². The molecule has 2 fully saturated rings. The van der Waals surface area contributed by atoms with Gasteiger partial charge in [-0.1, -0.05) is 48.9 Å². The normalized spacial score (nSPS) is 24.6. The zero-order valence-corrected chi connectivity index (χ0v) is 16.1. The van der Waals surface area contributed by atoms with Gasteiger partial charge in [0.1, 0.15) is 0 Å². The lowest BCUT2D eigenvalue weighted by Crippen LogP contribution is -2.46. The van der Waals surface area contributed by atoms with E-state index >= 15 is 0 Å². The number of hydrogen-bond donors (Lipinski definition) is 0. The Morgan fingerprint density at radius 2 is 1.74 bits per heavy atom. The van der Waals surface area contributed by atoms with Crippen LogP contribution in [0.25, 0.3) is 0 Å². The maximum atomic E-state index is 13.2. The molecule has 3 aliphatic rings. The van der Waals surface area contributed by atoms with Crippen LogP contribution in [0.5, 0.6) is 0 Å². The van der Waals surface area contributed by atoms with Gasteiger partial charge in [-0.2, -0.15) is 0 Å². The van der Waals surface area contributed by atoms with Crippen LogP contribution in [0.1, 0.15) is 44.1 Å². The van der Waals surface area contributed by atoms with Crippen molar-refractivity contribution in [2.45, 2.75) is 45.1 Å². The Labute approximate surface area is 162 Å². The molecular weight excluding hydrogens is 336 g/mol. The van der Waals surface area contributed by atoms with E-state index in [4.69, 9.17) is 0 Å². The number of piperidine rings is 1. The second kappa shape index (κ2) is 8.28. The average Bonchev–Trinajstić information content (AvgIpc) is 2.83. The summed E-state index contributed by atoms with van der Waals surface area (Å²) in [6, 6.07) is 10.2. The van der Waals surface area contributed by atoms with Gasteiger partial charge in [-0.05, 0) is 43.6 Å². The van der Waals surface area contributed by atoms with Crippen LogP contribution in [0.2, 0.25) is 0 Å². The minimum Gasteiger partial charge on any atom is -0.342 e. The minimum atomic E-state index is 0.0633. The molecule has 2 heterocycles. The summed E-state index contributed by atoms with van der Waals surface area (Å²) in [5, 5.41) is 0. The lowest BCUT2D eigenvalue weighted by molar-refractivity contribution is -0.141. The smallest absolute Gasteiger partial charge is 0.226 e. The maximum Gasteiger partial charge on any atom is 0.226 e. The third kappa shape index (κ3) is 4.10. The van der Waals surface area contributed by atoms with Gasteiger partial charge in [0.05, 0.1) is 0 Å². The van der Waals surface area contributed by atoms with Gasteiger partial charge in [-0.15, -0.1) is 0 Å². The minimum absolute atomic E-state index is 0.0633. The van der Waals surface area contributed by atoms with E-state index in [-0.39, 0.29) is 17.7 Å². The van der Waals surface area contributed by atoms with Crippen LogP contribution in [0.3, 0.4) is 0 Å². The molecular formula is C23H30N2O2. The number of carbonyl (C=O) groups excluding carboxylic acids is 2. The lowest BCUT2D eigenvalue weighted by atomic mass is 9.80. The molecule has 1 aromatic carbocycles. The number of likely N-dealkylation sites (tertiary alicyclic amines) is 1. The molecule has 1 unspecified atom stereocenters. The molecule has 4 rings (SSSR count). The number of benzene rings is 1. The zero-order chi connectivity index (χ0) is 18.6. The number of nitrogens with zero attached hydrogens (tertiary/aromatic N) is 2. The van der Waals surface area contributed by atoms with Crippen molar-refractivity contribution in [3.05, 3.63) is 48.0 Å². The van der Waals surface area contributed by atoms with Gasteiger partial charge in [0, 0.05) is 38.0 Å². The lowest BCUT2D eigenvalue weighted by Gasteiger charge is -2.39. The Morgan fingerprint density at radius 3 is 2.41 bits per heavy atom. The predicted octanol–water partition coefficient (Wildman–Crippen LogP) is 3.63. The van der Waals surface area contributed by atoms with Crippen LogP contribution in [0, 0.1) is 17.8 Å². The molecule has 0 N–H and O–H groups in total. The molecule has 144 valence electrons. The number of rotatable bonds is 4. The first kappa shape index (κ1) is 18.3. The van der Waals surface area contributed by atoms with E-state index in [9.17, 15) is 9.59 Å². The Bertz CT molecular complexity index is 688. The standard InChI is InChI=1S/C23H30N2O2/c26-22(20-9-6-10-20)24-15-12-19(13-16-24)21-11-4-5-14-25(23(21)27)17-18-7-2-1-3-8-18/h1-5,7-8,19-21H,6,9-17H2. The third-order valence-corrected chi connectivity index (χ3v) is 6.60. The van der Waals surface area contributed by atoms with Crippen molar-refractivity contribution >= 4 is 11.8 Å². The van der Waals surface area contributed by atoms with Gasteiger partial charge in [0.25, 0.3) is 0 Å². The molecule has 4 nitrogen and oxygen atoms in total. The van der Waals surface area contributed by atoms with Gasteiger partial charge >= 0.3 is 0 Å². The van der Waals surface area contributed by atoms with Crippen molar-refractivity contribution in [3.8, 4) is 0 Å². The van der Waals surface area contributed by atoms with Crippen LogP contribution >= 0.6 is 0 Å². The average molecular weight is 367 g/mol. The molecule has 4 heteroatoms.